The fourth-order valence-corrected chi connectivity index (χ4v) is 2.88. The molecule has 2 N–H and O–H groups in total. The summed E-state index contributed by atoms with van der Waals surface area (Å²) in [4.78, 5) is 0. The molecule has 0 amide bonds. The van der Waals surface area contributed by atoms with E-state index in [4.69, 9.17) is 5.73 Å². The molecule has 2 fully saturated rings. The summed E-state index contributed by atoms with van der Waals surface area (Å²) in [6, 6.07) is 0.563. The summed E-state index contributed by atoms with van der Waals surface area (Å²) in [6.45, 7) is 0. The lowest BCUT2D eigenvalue weighted by atomic mass is 9.69. The van der Waals surface area contributed by atoms with Crippen LogP contribution in [0.5, 0.6) is 0 Å². The van der Waals surface area contributed by atoms with Crippen molar-refractivity contribution in [3.63, 3.8) is 0 Å². The number of rotatable bonds is 1. The molecule has 2 saturated carbocycles. The van der Waals surface area contributed by atoms with Gasteiger partial charge < -0.3 is 5.73 Å². The summed E-state index contributed by atoms with van der Waals surface area (Å²) in [7, 11) is 0. The van der Waals surface area contributed by atoms with Gasteiger partial charge >= 0.3 is 0 Å². The molecule has 0 radical (unpaired) electrons. The van der Waals surface area contributed by atoms with Gasteiger partial charge in [0.25, 0.3) is 0 Å². The Morgan fingerprint density at radius 2 is 1.42 bits per heavy atom. The van der Waals surface area contributed by atoms with Crippen molar-refractivity contribution in [2.45, 2.75) is 57.4 Å². The SMILES string of the molecule is NC1CCC1C1CCCCCC1. The second-order valence-electron chi connectivity index (χ2n) is 4.66. The summed E-state index contributed by atoms with van der Waals surface area (Å²) in [5, 5.41) is 0. The van der Waals surface area contributed by atoms with Gasteiger partial charge in [-0.15, -0.1) is 0 Å². The van der Waals surface area contributed by atoms with Gasteiger partial charge in [-0.1, -0.05) is 38.5 Å². The van der Waals surface area contributed by atoms with E-state index in [9.17, 15) is 0 Å². The Balaban J connectivity index is 1.84. The molecule has 1 nitrogen and oxygen atoms in total. The summed E-state index contributed by atoms with van der Waals surface area (Å²) in [5.41, 5.74) is 6.00. The first-order valence-corrected chi connectivity index (χ1v) is 5.63. The van der Waals surface area contributed by atoms with Crippen molar-refractivity contribution in [1.82, 2.24) is 0 Å². The largest absolute Gasteiger partial charge is 0.327 e. The third kappa shape index (κ3) is 1.66. The smallest absolute Gasteiger partial charge is 0.00699 e. The summed E-state index contributed by atoms with van der Waals surface area (Å²) < 4.78 is 0. The Morgan fingerprint density at radius 1 is 0.750 bits per heavy atom. The van der Waals surface area contributed by atoms with Crippen molar-refractivity contribution in [2.24, 2.45) is 17.6 Å². The van der Waals surface area contributed by atoms with Crippen LogP contribution < -0.4 is 5.73 Å². The Morgan fingerprint density at radius 3 is 1.83 bits per heavy atom. The minimum atomic E-state index is 0.563. The van der Waals surface area contributed by atoms with Crippen LogP contribution in [0.1, 0.15) is 51.4 Å². The van der Waals surface area contributed by atoms with Crippen LogP contribution >= 0.6 is 0 Å². The van der Waals surface area contributed by atoms with Gasteiger partial charge in [0.2, 0.25) is 0 Å². The Hall–Kier alpha value is -0.0400. The van der Waals surface area contributed by atoms with Crippen LogP contribution in [-0.2, 0) is 0 Å². The molecular weight excluding hydrogens is 146 g/mol. The number of nitrogens with two attached hydrogens (primary N) is 1. The van der Waals surface area contributed by atoms with E-state index in [1.807, 2.05) is 0 Å². The lowest BCUT2D eigenvalue weighted by Crippen LogP contribution is -2.43. The molecule has 2 atom stereocenters. The molecule has 12 heavy (non-hydrogen) atoms. The summed E-state index contributed by atoms with van der Waals surface area (Å²) in [6.07, 6.45) is 11.5. The molecule has 0 heterocycles. The highest BCUT2D eigenvalue weighted by atomic mass is 14.7. The Labute approximate surface area is 75.7 Å². The third-order valence-corrected chi connectivity index (χ3v) is 3.89. The highest BCUT2D eigenvalue weighted by Crippen LogP contribution is 2.39. The molecule has 0 saturated heterocycles. The van der Waals surface area contributed by atoms with Gasteiger partial charge in [0, 0.05) is 6.04 Å². The molecule has 0 aliphatic heterocycles. The van der Waals surface area contributed by atoms with Crippen LogP contribution in [0, 0.1) is 11.8 Å². The first kappa shape index (κ1) is 8.55. The average molecular weight is 167 g/mol. The van der Waals surface area contributed by atoms with E-state index in [1.165, 1.54) is 51.4 Å². The lowest BCUT2D eigenvalue weighted by Gasteiger charge is -2.39. The van der Waals surface area contributed by atoms with Gasteiger partial charge in [-0.3, -0.25) is 0 Å². The molecule has 2 aliphatic carbocycles. The van der Waals surface area contributed by atoms with E-state index in [0.29, 0.717) is 6.04 Å². The van der Waals surface area contributed by atoms with Crippen molar-refractivity contribution in [1.29, 1.82) is 0 Å². The first-order chi connectivity index (χ1) is 5.88. The summed E-state index contributed by atoms with van der Waals surface area (Å²) in [5.74, 6) is 1.90. The van der Waals surface area contributed by atoms with Crippen molar-refractivity contribution >= 4 is 0 Å². The van der Waals surface area contributed by atoms with Crippen LogP contribution in [-0.4, -0.2) is 6.04 Å². The predicted molar refractivity (Wildman–Crippen MR) is 51.9 cm³/mol. The highest BCUT2D eigenvalue weighted by Gasteiger charge is 2.33. The average Bonchev–Trinajstić information content (AvgIpc) is 2.30. The molecule has 70 valence electrons. The topological polar surface area (TPSA) is 26.0 Å². The van der Waals surface area contributed by atoms with Gasteiger partial charge in [-0.25, -0.2) is 0 Å². The van der Waals surface area contributed by atoms with E-state index >= 15 is 0 Å². The van der Waals surface area contributed by atoms with Gasteiger partial charge in [0.1, 0.15) is 0 Å². The zero-order chi connectivity index (χ0) is 8.39. The van der Waals surface area contributed by atoms with E-state index in [1.54, 1.807) is 0 Å². The molecule has 0 bridgehead atoms. The maximum Gasteiger partial charge on any atom is 0.00699 e. The predicted octanol–water partition coefficient (Wildman–Crippen LogP) is 2.69. The quantitative estimate of drug-likeness (QED) is 0.597. The molecule has 0 aromatic carbocycles. The van der Waals surface area contributed by atoms with E-state index in [-0.39, 0.29) is 0 Å². The van der Waals surface area contributed by atoms with Crippen molar-refractivity contribution in [2.75, 3.05) is 0 Å². The molecule has 0 spiro atoms. The number of hydrogen-bond donors (Lipinski definition) is 1. The van der Waals surface area contributed by atoms with Crippen molar-refractivity contribution < 1.29 is 0 Å². The number of hydrogen-bond acceptors (Lipinski definition) is 1. The molecule has 2 rings (SSSR count). The fraction of sp³-hybridized carbons (Fsp3) is 1.00. The molecule has 0 aromatic rings. The Bertz CT molecular complexity index is 136. The summed E-state index contributed by atoms with van der Waals surface area (Å²) >= 11 is 0. The first-order valence-electron chi connectivity index (χ1n) is 5.63. The zero-order valence-electron chi connectivity index (χ0n) is 7.97. The second-order valence-corrected chi connectivity index (χ2v) is 4.66. The third-order valence-electron chi connectivity index (χ3n) is 3.89. The van der Waals surface area contributed by atoms with Gasteiger partial charge in [-0.05, 0) is 24.7 Å². The van der Waals surface area contributed by atoms with E-state index in [2.05, 4.69) is 0 Å². The lowest BCUT2D eigenvalue weighted by molar-refractivity contribution is 0.152. The van der Waals surface area contributed by atoms with E-state index in [0.717, 1.165) is 11.8 Å². The highest BCUT2D eigenvalue weighted by molar-refractivity contribution is 4.89. The van der Waals surface area contributed by atoms with Crippen molar-refractivity contribution in [3.8, 4) is 0 Å². The minimum absolute atomic E-state index is 0.563. The Kier molecular flexibility index (Phi) is 2.69. The van der Waals surface area contributed by atoms with Crippen molar-refractivity contribution in [3.05, 3.63) is 0 Å². The maximum absolute atomic E-state index is 6.00. The molecule has 0 aromatic heterocycles. The molecule has 2 aliphatic rings. The molecule has 2 unspecified atom stereocenters. The van der Waals surface area contributed by atoms with Gasteiger partial charge in [0.05, 0.1) is 0 Å². The normalized spacial score (nSPS) is 38.8. The second kappa shape index (κ2) is 3.78. The van der Waals surface area contributed by atoms with Crippen LogP contribution in [0.2, 0.25) is 0 Å². The molecular formula is C11H21N. The van der Waals surface area contributed by atoms with Crippen LogP contribution in [0.4, 0.5) is 0 Å². The van der Waals surface area contributed by atoms with Crippen LogP contribution in [0.15, 0.2) is 0 Å². The standard InChI is InChI=1S/C11H21N/c12-11-8-7-10(11)9-5-3-1-2-4-6-9/h9-11H,1-8,12H2. The minimum Gasteiger partial charge on any atom is -0.327 e. The fourth-order valence-electron chi connectivity index (χ4n) is 2.88. The maximum atomic E-state index is 6.00. The van der Waals surface area contributed by atoms with Crippen LogP contribution in [0.3, 0.4) is 0 Å². The molecule has 1 heteroatoms. The van der Waals surface area contributed by atoms with E-state index < -0.39 is 0 Å². The monoisotopic (exact) mass is 167 g/mol. The van der Waals surface area contributed by atoms with Crippen LogP contribution in [0.25, 0.3) is 0 Å². The van der Waals surface area contributed by atoms with Gasteiger partial charge in [-0.2, -0.15) is 0 Å². The van der Waals surface area contributed by atoms with Gasteiger partial charge in [0.15, 0.2) is 0 Å². The zero-order valence-corrected chi connectivity index (χ0v) is 7.97.